The first-order valence-electron chi connectivity index (χ1n) is 20.3. The molecule has 0 bridgehead atoms. The van der Waals surface area contributed by atoms with Gasteiger partial charge in [0, 0.05) is 12.8 Å². The van der Waals surface area contributed by atoms with Crippen molar-refractivity contribution in [2.45, 2.75) is 167 Å². The molecule has 0 rings (SSSR count). The van der Waals surface area contributed by atoms with Crippen molar-refractivity contribution < 1.29 is 47.5 Å². The number of hydrogen-bond donors (Lipinski definition) is 3. The molecule has 0 saturated carbocycles. The summed E-state index contributed by atoms with van der Waals surface area (Å²) in [5, 5.41) is 8.87. The highest BCUT2D eigenvalue weighted by molar-refractivity contribution is 7.47. The van der Waals surface area contributed by atoms with Crippen LogP contribution < -0.4 is 5.73 Å². The zero-order valence-electron chi connectivity index (χ0n) is 33.3. The predicted molar refractivity (Wildman–Crippen MR) is 217 cm³/mol. The van der Waals surface area contributed by atoms with Crippen molar-refractivity contribution >= 4 is 25.7 Å². The molecule has 0 saturated heterocycles. The number of rotatable bonds is 37. The van der Waals surface area contributed by atoms with E-state index in [2.05, 4.69) is 79.1 Å². The molecule has 1 unspecified atom stereocenters. The molecule has 310 valence electrons. The molecule has 4 N–H and O–H groups in total. The molecule has 0 aliphatic carbocycles. The highest BCUT2D eigenvalue weighted by Gasteiger charge is 2.28. The Balaban J connectivity index is 4.55. The van der Waals surface area contributed by atoms with Crippen LogP contribution in [0.25, 0.3) is 0 Å². The van der Waals surface area contributed by atoms with Crippen LogP contribution in [0.1, 0.15) is 155 Å². The molecule has 0 aliphatic rings. The van der Waals surface area contributed by atoms with E-state index in [9.17, 15) is 23.8 Å². The van der Waals surface area contributed by atoms with Gasteiger partial charge in [-0.2, -0.15) is 0 Å². The third kappa shape index (κ3) is 36.2. The van der Waals surface area contributed by atoms with Crippen LogP contribution in [0.5, 0.6) is 0 Å². The van der Waals surface area contributed by atoms with E-state index >= 15 is 0 Å². The molecule has 0 aliphatic heterocycles. The highest BCUT2D eigenvalue weighted by atomic mass is 31.2. The first-order valence-corrected chi connectivity index (χ1v) is 21.8. The number of carboxylic acids is 1. The number of phosphoric ester groups is 1. The van der Waals surface area contributed by atoms with Crippen molar-refractivity contribution in [3.63, 3.8) is 0 Å². The molecular formula is C42H72NO10P. The lowest BCUT2D eigenvalue weighted by Crippen LogP contribution is -2.34. The van der Waals surface area contributed by atoms with E-state index in [1.165, 1.54) is 57.8 Å². The van der Waals surface area contributed by atoms with Gasteiger partial charge in [0.25, 0.3) is 0 Å². The van der Waals surface area contributed by atoms with Crippen molar-refractivity contribution in [3.8, 4) is 0 Å². The zero-order chi connectivity index (χ0) is 40.0. The number of unbranched alkanes of at least 4 members (excludes halogenated alkanes) is 13. The Morgan fingerprint density at radius 3 is 1.50 bits per heavy atom. The maximum Gasteiger partial charge on any atom is 0.472 e. The molecule has 0 aromatic carbocycles. The van der Waals surface area contributed by atoms with Gasteiger partial charge in [0.2, 0.25) is 0 Å². The fourth-order valence-electron chi connectivity index (χ4n) is 4.98. The summed E-state index contributed by atoms with van der Waals surface area (Å²) < 4.78 is 32.5. The maximum absolute atomic E-state index is 12.6. The highest BCUT2D eigenvalue weighted by Crippen LogP contribution is 2.43. The molecule has 3 atom stereocenters. The Kier molecular flexibility index (Phi) is 35.2. The number of allylic oxidation sites excluding steroid dienone is 10. The van der Waals surface area contributed by atoms with E-state index in [4.69, 9.17) is 24.8 Å². The van der Waals surface area contributed by atoms with Crippen LogP contribution in [0.3, 0.4) is 0 Å². The molecule has 0 spiro atoms. The second-order valence-corrected chi connectivity index (χ2v) is 14.9. The fourth-order valence-corrected chi connectivity index (χ4v) is 5.76. The molecule has 0 radical (unpaired) electrons. The smallest absolute Gasteiger partial charge is 0.472 e. The summed E-state index contributed by atoms with van der Waals surface area (Å²) in [6, 6.07) is -1.53. The average Bonchev–Trinajstić information content (AvgIpc) is 3.14. The van der Waals surface area contributed by atoms with Crippen LogP contribution in [-0.2, 0) is 37.5 Å². The zero-order valence-corrected chi connectivity index (χ0v) is 34.2. The van der Waals surface area contributed by atoms with Crippen molar-refractivity contribution in [1.82, 2.24) is 0 Å². The first kappa shape index (κ1) is 51.2. The van der Waals surface area contributed by atoms with E-state index in [0.717, 1.165) is 57.8 Å². The number of carbonyl (C=O) groups is 3. The minimum atomic E-state index is -4.73. The Hall–Kier alpha value is -2.82. The summed E-state index contributed by atoms with van der Waals surface area (Å²) in [6.07, 6.45) is 41.5. The van der Waals surface area contributed by atoms with Crippen molar-refractivity contribution in [1.29, 1.82) is 0 Å². The van der Waals surface area contributed by atoms with Gasteiger partial charge < -0.3 is 25.2 Å². The SMILES string of the molecule is CCCCC/C=C/C/C=C/C/C=C/CCCCC(=O)O[C@H](COC(=O)CCCC/C=C/C/C=C/CCCCCCCC)COP(=O)(O)OC[C@H](N)C(=O)O. The number of nitrogens with two attached hydrogens (primary N) is 1. The summed E-state index contributed by atoms with van der Waals surface area (Å²) in [5.74, 6) is -2.48. The van der Waals surface area contributed by atoms with Crippen molar-refractivity contribution in [2.75, 3.05) is 19.8 Å². The lowest BCUT2D eigenvalue weighted by molar-refractivity contribution is -0.161. The van der Waals surface area contributed by atoms with E-state index in [1.54, 1.807) is 0 Å². The van der Waals surface area contributed by atoms with Gasteiger partial charge >= 0.3 is 25.7 Å². The normalized spacial score (nSPS) is 14.4. The summed E-state index contributed by atoms with van der Waals surface area (Å²) in [5.41, 5.74) is 5.32. The van der Waals surface area contributed by atoms with Gasteiger partial charge in [-0.3, -0.25) is 23.4 Å². The van der Waals surface area contributed by atoms with Crippen LogP contribution in [0.2, 0.25) is 0 Å². The molecule has 0 aromatic heterocycles. The van der Waals surface area contributed by atoms with Gasteiger partial charge in [-0.15, -0.1) is 0 Å². The predicted octanol–water partition coefficient (Wildman–Crippen LogP) is 10.4. The molecule has 12 heteroatoms. The molecule has 0 heterocycles. The third-order valence-corrected chi connectivity index (χ3v) is 9.19. The summed E-state index contributed by atoms with van der Waals surface area (Å²) >= 11 is 0. The number of aliphatic carboxylic acids is 1. The molecule has 0 aromatic rings. The van der Waals surface area contributed by atoms with Gasteiger partial charge in [0.05, 0.1) is 13.2 Å². The van der Waals surface area contributed by atoms with Crippen molar-refractivity contribution in [2.24, 2.45) is 5.73 Å². The minimum absolute atomic E-state index is 0.103. The Morgan fingerprint density at radius 2 is 0.981 bits per heavy atom. The van der Waals surface area contributed by atoms with Crippen LogP contribution in [-0.4, -0.2) is 59.9 Å². The van der Waals surface area contributed by atoms with E-state index in [0.29, 0.717) is 12.8 Å². The lowest BCUT2D eigenvalue weighted by atomic mass is 10.1. The van der Waals surface area contributed by atoms with Crippen LogP contribution in [0.4, 0.5) is 0 Å². The van der Waals surface area contributed by atoms with Crippen molar-refractivity contribution in [3.05, 3.63) is 60.8 Å². The number of phosphoric acid groups is 1. The summed E-state index contributed by atoms with van der Waals surface area (Å²) in [7, 11) is -4.73. The maximum atomic E-state index is 12.6. The summed E-state index contributed by atoms with van der Waals surface area (Å²) in [6.45, 7) is 2.67. The minimum Gasteiger partial charge on any atom is -0.480 e. The average molecular weight is 782 g/mol. The second-order valence-electron chi connectivity index (χ2n) is 13.4. The number of carboxylic acid groups (broad SMARTS) is 1. The number of ether oxygens (including phenoxy) is 2. The van der Waals surface area contributed by atoms with Gasteiger partial charge in [0.15, 0.2) is 6.10 Å². The van der Waals surface area contributed by atoms with E-state index in [1.807, 2.05) is 0 Å². The van der Waals surface area contributed by atoms with Gasteiger partial charge in [-0.25, -0.2) is 4.57 Å². The van der Waals surface area contributed by atoms with E-state index in [-0.39, 0.29) is 19.4 Å². The quantitative estimate of drug-likeness (QED) is 0.0237. The van der Waals surface area contributed by atoms with Gasteiger partial charge in [-0.05, 0) is 83.5 Å². The van der Waals surface area contributed by atoms with Crippen LogP contribution >= 0.6 is 7.82 Å². The Bertz CT molecular complexity index is 1150. The molecule has 0 amide bonds. The fraction of sp³-hybridized carbons (Fsp3) is 0.690. The Labute approximate surface area is 326 Å². The number of hydrogen-bond acceptors (Lipinski definition) is 9. The second kappa shape index (κ2) is 37.1. The number of esters is 2. The standard InChI is InChI=1S/C42H72NO10P/c1-3-5-7-9-11-13-15-17-19-21-23-25-27-29-31-33-40(44)50-35-38(36-51-54(48,49)52-37-39(43)42(46)47)53-41(45)34-32-30-28-26-24-22-20-18-16-14-12-10-8-6-4-2/h12,14,17-20,23-26,38-39H,3-11,13,15-16,21-22,27-37,43H2,1-2H3,(H,46,47)(H,48,49)/b14-12+,19-17+,20-18+,25-23+,26-24+/t38-,39+/m1/s1. The van der Waals surface area contributed by atoms with Gasteiger partial charge in [-0.1, -0.05) is 120 Å². The Morgan fingerprint density at radius 1 is 0.574 bits per heavy atom. The monoisotopic (exact) mass is 781 g/mol. The number of carbonyl (C=O) groups excluding carboxylic acids is 2. The third-order valence-electron chi connectivity index (χ3n) is 8.24. The summed E-state index contributed by atoms with van der Waals surface area (Å²) in [4.78, 5) is 45.8. The van der Waals surface area contributed by atoms with Crippen LogP contribution in [0.15, 0.2) is 60.8 Å². The molecule has 54 heavy (non-hydrogen) atoms. The largest absolute Gasteiger partial charge is 0.480 e. The molecule has 0 fully saturated rings. The topological polar surface area (TPSA) is 172 Å². The van der Waals surface area contributed by atoms with Crippen LogP contribution in [0, 0.1) is 0 Å². The van der Waals surface area contributed by atoms with E-state index < -0.39 is 51.1 Å². The first-order chi connectivity index (χ1) is 26.1. The molecule has 11 nitrogen and oxygen atoms in total. The lowest BCUT2D eigenvalue weighted by Gasteiger charge is -2.20. The molecular weight excluding hydrogens is 709 g/mol. The van der Waals surface area contributed by atoms with Gasteiger partial charge in [0.1, 0.15) is 12.6 Å².